The van der Waals surface area contributed by atoms with Crippen molar-refractivity contribution in [1.82, 2.24) is 19.7 Å². The summed E-state index contributed by atoms with van der Waals surface area (Å²) in [6.45, 7) is 2.87. The van der Waals surface area contributed by atoms with Gasteiger partial charge in [0.05, 0.1) is 25.4 Å². The molecule has 0 fully saturated rings. The van der Waals surface area contributed by atoms with Crippen LogP contribution in [0.3, 0.4) is 0 Å². The predicted octanol–water partition coefficient (Wildman–Crippen LogP) is 4.08. The van der Waals surface area contributed by atoms with Gasteiger partial charge in [-0.2, -0.15) is 5.10 Å². The fourth-order valence-corrected chi connectivity index (χ4v) is 3.34. The van der Waals surface area contributed by atoms with Gasteiger partial charge >= 0.3 is 0 Å². The number of hydrogen-bond donors (Lipinski definition) is 1. The fourth-order valence-electron chi connectivity index (χ4n) is 3.34. The van der Waals surface area contributed by atoms with Crippen molar-refractivity contribution in [3.8, 4) is 17.3 Å². The number of rotatable bonds is 6. The van der Waals surface area contributed by atoms with E-state index in [0.717, 1.165) is 23.7 Å². The molecule has 0 saturated carbocycles. The van der Waals surface area contributed by atoms with Gasteiger partial charge in [-0.3, -0.25) is 4.68 Å². The van der Waals surface area contributed by atoms with Crippen LogP contribution < -0.4 is 10.5 Å². The standard InChI is InChI=1S/C22H23N5O/c1-3-6-15-9-11-16(12-10-15)14-27-18-8-5-4-7-17(18)20(26-27)22-24-13-19(28-2)21(23)25-22/h4-5,7-13H,3,6,14H2,1-2H3,(H2,23,24,25). The molecule has 2 aromatic heterocycles. The van der Waals surface area contributed by atoms with Gasteiger partial charge in [0.1, 0.15) is 5.69 Å². The van der Waals surface area contributed by atoms with E-state index in [1.807, 2.05) is 22.9 Å². The molecule has 2 N–H and O–H groups in total. The number of aryl methyl sites for hydroxylation is 1. The van der Waals surface area contributed by atoms with Crippen LogP contribution in [0.2, 0.25) is 0 Å². The molecule has 28 heavy (non-hydrogen) atoms. The van der Waals surface area contributed by atoms with Crippen molar-refractivity contribution in [1.29, 1.82) is 0 Å². The van der Waals surface area contributed by atoms with Crippen molar-refractivity contribution in [2.75, 3.05) is 12.8 Å². The van der Waals surface area contributed by atoms with Gasteiger partial charge < -0.3 is 10.5 Å². The van der Waals surface area contributed by atoms with Gasteiger partial charge in [0.2, 0.25) is 0 Å². The van der Waals surface area contributed by atoms with Crippen molar-refractivity contribution in [2.45, 2.75) is 26.3 Å². The van der Waals surface area contributed by atoms with E-state index in [1.54, 1.807) is 13.3 Å². The zero-order valence-corrected chi connectivity index (χ0v) is 16.1. The summed E-state index contributed by atoms with van der Waals surface area (Å²) in [7, 11) is 1.55. The molecule has 0 aliphatic carbocycles. The lowest BCUT2D eigenvalue weighted by Gasteiger charge is -2.05. The summed E-state index contributed by atoms with van der Waals surface area (Å²) in [4.78, 5) is 8.77. The van der Waals surface area contributed by atoms with E-state index in [-0.39, 0.29) is 0 Å². The first kappa shape index (κ1) is 18.0. The van der Waals surface area contributed by atoms with Crippen LogP contribution >= 0.6 is 0 Å². The molecule has 142 valence electrons. The Balaban J connectivity index is 1.73. The number of fused-ring (bicyclic) bond motifs is 1. The predicted molar refractivity (Wildman–Crippen MR) is 111 cm³/mol. The number of nitrogen functional groups attached to an aromatic ring is 1. The van der Waals surface area contributed by atoms with Crippen LogP contribution in [0.4, 0.5) is 5.82 Å². The largest absolute Gasteiger partial charge is 0.491 e. The number of nitrogens with two attached hydrogens (primary N) is 1. The number of aromatic nitrogens is 4. The third-order valence-electron chi connectivity index (χ3n) is 4.77. The molecule has 0 radical (unpaired) electrons. The Morgan fingerprint density at radius 3 is 2.50 bits per heavy atom. The second-order valence-electron chi connectivity index (χ2n) is 6.74. The molecule has 0 amide bonds. The Morgan fingerprint density at radius 1 is 1.04 bits per heavy atom. The van der Waals surface area contributed by atoms with Crippen LogP contribution in [-0.2, 0) is 13.0 Å². The third kappa shape index (κ3) is 3.41. The normalized spacial score (nSPS) is 11.1. The first-order valence-corrected chi connectivity index (χ1v) is 9.40. The van der Waals surface area contributed by atoms with Gasteiger partial charge in [-0.15, -0.1) is 0 Å². The summed E-state index contributed by atoms with van der Waals surface area (Å²) in [6, 6.07) is 16.8. The lowest BCUT2D eigenvalue weighted by molar-refractivity contribution is 0.413. The molecule has 0 aliphatic rings. The Morgan fingerprint density at radius 2 is 1.79 bits per heavy atom. The smallest absolute Gasteiger partial charge is 0.182 e. The SMILES string of the molecule is CCCc1ccc(Cn2nc(-c3ncc(OC)c(N)n3)c3ccccc32)cc1. The van der Waals surface area contributed by atoms with E-state index >= 15 is 0 Å². The molecule has 2 heterocycles. The Hall–Kier alpha value is -3.41. The Labute approximate surface area is 164 Å². The number of ether oxygens (including phenoxy) is 1. The van der Waals surface area contributed by atoms with E-state index in [0.29, 0.717) is 29.6 Å². The summed E-state index contributed by atoms with van der Waals surface area (Å²) >= 11 is 0. The summed E-state index contributed by atoms with van der Waals surface area (Å²) in [5.41, 5.74) is 10.3. The van der Waals surface area contributed by atoms with Crippen molar-refractivity contribution in [2.24, 2.45) is 0 Å². The van der Waals surface area contributed by atoms with Gasteiger partial charge in [0.15, 0.2) is 17.4 Å². The maximum Gasteiger partial charge on any atom is 0.182 e. The number of hydrogen-bond acceptors (Lipinski definition) is 5. The van der Waals surface area contributed by atoms with Gasteiger partial charge in [-0.25, -0.2) is 9.97 Å². The van der Waals surface area contributed by atoms with Gasteiger partial charge in [-0.1, -0.05) is 55.8 Å². The molecule has 2 aromatic carbocycles. The van der Waals surface area contributed by atoms with Crippen molar-refractivity contribution in [3.05, 3.63) is 65.9 Å². The van der Waals surface area contributed by atoms with E-state index in [2.05, 4.69) is 47.2 Å². The second kappa shape index (κ2) is 7.68. The average molecular weight is 373 g/mol. The highest BCUT2D eigenvalue weighted by atomic mass is 16.5. The second-order valence-corrected chi connectivity index (χ2v) is 6.74. The van der Waals surface area contributed by atoms with E-state index in [4.69, 9.17) is 15.6 Å². The van der Waals surface area contributed by atoms with Crippen molar-refractivity contribution >= 4 is 16.7 Å². The lowest BCUT2D eigenvalue weighted by Crippen LogP contribution is -2.03. The van der Waals surface area contributed by atoms with E-state index in [9.17, 15) is 0 Å². The number of anilines is 1. The number of nitrogens with zero attached hydrogens (tertiary/aromatic N) is 4. The number of benzene rings is 2. The summed E-state index contributed by atoms with van der Waals surface area (Å²) < 4.78 is 7.15. The van der Waals surface area contributed by atoms with Gasteiger partial charge in [-0.05, 0) is 23.6 Å². The first-order valence-electron chi connectivity index (χ1n) is 9.40. The Bertz CT molecular complexity index is 1100. The zero-order chi connectivity index (χ0) is 19.5. The van der Waals surface area contributed by atoms with Crippen LogP contribution in [0.15, 0.2) is 54.7 Å². The molecule has 4 aromatic rings. The molecule has 4 rings (SSSR count). The molecule has 0 aliphatic heterocycles. The van der Waals surface area contributed by atoms with Crippen LogP contribution in [0, 0.1) is 0 Å². The highest BCUT2D eigenvalue weighted by Crippen LogP contribution is 2.28. The molecule has 6 nitrogen and oxygen atoms in total. The quantitative estimate of drug-likeness (QED) is 0.551. The average Bonchev–Trinajstić information content (AvgIpc) is 3.08. The monoisotopic (exact) mass is 373 g/mol. The fraction of sp³-hybridized carbons (Fsp3) is 0.227. The molecular formula is C22H23N5O. The minimum absolute atomic E-state index is 0.303. The molecule has 0 unspecified atom stereocenters. The molecule has 0 atom stereocenters. The summed E-state index contributed by atoms with van der Waals surface area (Å²) in [5, 5.41) is 5.80. The van der Waals surface area contributed by atoms with Gasteiger partial charge in [0.25, 0.3) is 0 Å². The molecular weight excluding hydrogens is 350 g/mol. The Kier molecular flexibility index (Phi) is 4.93. The van der Waals surface area contributed by atoms with E-state index < -0.39 is 0 Å². The lowest BCUT2D eigenvalue weighted by atomic mass is 10.1. The van der Waals surface area contributed by atoms with Crippen LogP contribution in [-0.4, -0.2) is 26.9 Å². The highest BCUT2D eigenvalue weighted by molar-refractivity contribution is 5.91. The van der Waals surface area contributed by atoms with Crippen molar-refractivity contribution < 1.29 is 4.74 Å². The minimum Gasteiger partial charge on any atom is -0.491 e. The number of para-hydroxylation sites is 1. The van der Waals surface area contributed by atoms with Crippen LogP contribution in [0.1, 0.15) is 24.5 Å². The first-order chi connectivity index (χ1) is 13.7. The number of methoxy groups -OCH3 is 1. The molecule has 0 bridgehead atoms. The maximum absolute atomic E-state index is 5.97. The maximum atomic E-state index is 5.97. The van der Waals surface area contributed by atoms with Crippen LogP contribution in [0.25, 0.3) is 22.4 Å². The van der Waals surface area contributed by atoms with Crippen molar-refractivity contribution in [3.63, 3.8) is 0 Å². The molecule has 6 heteroatoms. The molecule has 0 spiro atoms. The summed E-state index contributed by atoms with van der Waals surface area (Å²) in [6.07, 6.45) is 3.83. The minimum atomic E-state index is 0.303. The highest BCUT2D eigenvalue weighted by Gasteiger charge is 2.16. The topological polar surface area (TPSA) is 78.8 Å². The third-order valence-corrected chi connectivity index (χ3v) is 4.77. The zero-order valence-electron chi connectivity index (χ0n) is 16.1. The summed E-state index contributed by atoms with van der Waals surface area (Å²) in [5.74, 6) is 1.25. The van der Waals surface area contributed by atoms with Crippen LogP contribution in [0.5, 0.6) is 5.75 Å². The van der Waals surface area contributed by atoms with E-state index in [1.165, 1.54) is 11.1 Å². The van der Waals surface area contributed by atoms with Gasteiger partial charge in [0, 0.05) is 5.39 Å². The molecule has 0 saturated heterocycles.